The van der Waals surface area contributed by atoms with E-state index >= 15 is 0 Å². The number of piperidine rings is 1. The van der Waals surface area contributed by atoms with E-state index in [4.69, 9.17) is 4.74 Å². The number of ether oxygens (including phenoxy) is 1. The maximum atomic E-state index is 12.7. The molecule has 7 heteroatoms. The molecule has 4 rings (SSSR count). The molecule has 1 spiro atoms. The fraction of sp³-hybridized carbons (Fsp3) is 0.529. The first kappa shape index (κ1) is 16.1. The second kappa shape index (κ2) is 6.46. The number of carbonyl (C=O) groups is 1. The van der Waals surface area contributed by atoms with Gasteiger partial charge >= 0.3 is 0 Å². The zero-order valence-electron chi connectivity index (χ0n) is 13.4. The highest BCUT2D eigenvalue weighted by molar-refractivity contribution is 9.10. The van der Waals surface area contributed by atoms with Crippen molar-refractivity contribution in [3.8, 4) is 0 Å². The molecule has 1 amide bonds. The SMILES string of the molecule is O=C(NCC1CNCCC12CCOC2)c1c[nH]c2ncc(Br)cc12. The van der Waals surface area contributed by atoms with Crippen LogP contribution in [0.1, 0.15) is 23.2 Å². The Hall–Kier alpha value is -1.44. The average molecular weight is 393 g/mol. The van der Waals surface area contributed by atoms with Gasteiger partial charge in [-0.25, -0.2) is 4.98 Å². The van der Waals surface area contributed by atoms with Crippen molar-refractivity contribution in [3.63, 3.8) is 0 Å². The second-order valence-corrected chi connectivity index (χ2v) is 7.69. The van der Waals surface area contributed by atoms with Crippen molar-refractivity contribution in [3.05, 3.63) is 28.5 Å². The van der Waals surface area contributed by atoms with Crippen LogP contribution in [0.15, 0.2) is 22.9 Å². The number of aromatic nitrogens is 2. The molecule has 3 N–H and O–H groups in total. The van der Waals surface area contributed by atoms with Gasteiger partial charge in [0.2, 0.25) is 0 Å². The Morgan fingerprint density at radius 1 is 1.50 bits per heavy atom. The van der Waals surface area contributed by atoms with Crippen LogP contribution in [0, 0.1) is 11.3 Å². The number of H-pyrrole nitrogens is 1. The standard InChI is InChI=1S/C17H21BrN4O2/c18-12-5-13-14(9-21-15(13)20-8-12)16(23)22-7-11-6-19-3-1-17(11)2-4-24-10-17/h5,8-9,11,19H,1-4,6-7,10H2,(H,20,21)(H,22,23). The van der Waals surface area contributed by atoms with Crippen LogP contribution in [-0.4, -0.2) is 48.7 Å². The van der Waals surface area contributed by atoms with Gasteiger partial charge in [0, 0.05) is 47.4 Å². The van der Waals surface area contributed by atoms with Crippen LogP contribution in [0.5, 0.6) is 0 Å². The second-order valence-electron chi connectivity index (χ2n) is 6.78. The van der Waals surface area contributed by atoms with Crippen molar-refractivity contribution < 1.29 is 9.53 Å². The Labute approximate surface area is 148 Å². The predicted octanol–water partition coefficient (Wildman–Crippen LogP) is 2.07. The van der Waals surface area contributed by atoms with E-state index in [9.17, 15) is 4.79 Å². The Morgan fingerprint density at radius 2 is 2.42 bits per heavy atom. The van der Waals surface area contributed by atoms with Crippen molar-refractivity contribution in [2.45, 2.75) is 12.8 Å². The van der Waals surface area contributed by atoms with Gasteiger partial charge in [-0.1, -0.05) is 0 Å². The number of hydrogen-bond donors (Lipinski definition) is 3. The summed E-state index contributed by atoms with van der Waals surface area (Å²) in [6.45, 7) is 4.30. The van der Waals surface area contributed by atoms with Gasteiger partial charge in [-0.05, 0) is 47.3 Å². The molecule has 2 aliphatic rings. The van der Waals surface area contributed by atoms with Gasteiger partial charge in [-0.3, -0.25) is 4.79 Å². The Bertz CT molecular complexity index is 754. The van der Waals surface area contributed by atoms with Gasteiger partial charge in [-0.15, -0.1) is 0 Å². The first-order valence-corrected chi connectivity index (χ1v) is 9.17. The molecule has 2 aromatic rings. The lowest BCUT2D eigenvalue weighted by atomic mass is 9.70. The highest BCUT2D eigenvalue weighted by atomic mass is 79.9. The molecule has 128 valence electrons. The Morgan fingerprint density at radius 3 is 3.25 bits per heavy atom. The molecule has 6 nitrogen and oxygen atoms in total. The van der Waals surface area contributed by atoms with E-state index in [1.165, 1.54) is 0 Å². The number of nitrogens with zero attached hydrogens (tertiary/aromatic N) is 1. The summed E-state index contributed by atoms with van der Waals surface area (Å²) in [6, 6.07) is 1.92. The summed E-state index contributed by atoms with van der Waals surface area (Å²) in [5.74, 6) is 0.355. The van der Waals surface area contributed by atoms with Gasteiger partial charge in [0.25, 0.3) is 5.91 Å². The van der Waals surface area contributed by atoms with Gasteiger partial charge in [-0.2, -0.15) is 0 Å². The molecular weight excluding hydrogens is 372 g/mol. The minimum absolute atomic E-state index is 0.0548. The molecule has 2 aromatic heterocycles. The summed E-state index contributed by atoms with van der Waals surface area (Å²) in [7, 11) is 0. The molecule has 4 heterocycles. The molecular formula is C17H21BrN4O2. The molecule has 0 radical (unpaired) electrons. The molecule has 2 aliphatic heterocycles. The van der Waals surface area contributed by atoms with E-state index in [-0.39, 0.29) is 11.3 Å². The lowest BCUT2D eigenvalue weighted by Gasteiger charge is -2.40. The largest absolute Gasteiger partial charge is 0.381 e. The van der Waals surface area contributed by atoms with Gasteiger partial charge < -0.3 is 20.4 Å². The van der Waals surface area contributed by atoms with Gasteiger partial charge in [0.15, 0.2) is 0 Å². The van der Waals surface area contributed by atoms with Crippen LogP contribution >= 0.6 is 15.9 Å². The first-order valence-electron chi connectivity index (χ1n) is 8.37. The van der Waals surface area contributed by atoms with E-state index in [0.717, 1.165) is 54.7 Å². The fourth-order valence-electron chi connectivity index (χ4n) is 3.94. The summed E-state index contributed by atoms with van der Waals surface area (Å²) >= 11 is 3.41. The number of aromatic amines is 1. The third-order valence-corrected chi connectivity index (χ3v) is 5.88. The highest BCUT2D eigenvalue weighted by Crippen LogP contribution is 2.41. The lowest BCUT2D eigenvalue weighted by molar-refractivity contribution is 0.0713. The number of fused-ring (bicyclic) bond motifs is 1. The van der Waals surface area contributed by atoms with Gasteiger partial charge in [0.1, 0.15) is 5.65 Å². The molecule has 2 unspecified atom stereocenters. The van der Waals surface area contributed by atoms with Crippen molar-refractivity contribution in [2.24, 2.45) is 11.3 Å². The smallest absolute Gasteiger partial charge is 0.253 e. The number of hydrogen-bond acceptors (Lipinski definition) is 4. The van der Waals surface area contributed by atoms with Gasteiger partial charge in [0.05, 0.1) is 12.2 Å². The van der Waals surface area contributed by atoms with Crippen LogP contribution in [0.4, 0.5) is 0 Å². The number of carbonyl (C=O) groups excluding carboxylic acids is 1. The maximum absolute atomic E-state index is 12.7. The number of amides is 1. The van der Waals surface area contributed by atoms with Crippen LogP contribution in [0.25, 0.3) is 11.0 Å². The number of rotatable bonds is 3. The maximum Gasteiger partial charge on any atom is 0.253 e. The average Bonchev–Trinajstić information content (AvgIpc) is 3.21. The topological polar surface area (TPSA) is 79.0 Å². The van der Waals surface area contributed by atoms with E-state index in [0.29, 0.717) is 18.0 Å². The molecule has 24 heavy (non-hydrogen) atoms. The van der Waals surface area contributed by atoms with E-state index in [1.807, 2.05) is 6.07 Å². The highest BCUT2D eigenvalue weighted by Gasteiger charge is 2.43. The minimum atomic E-state index is -0.0548. The number of pyridine rings is 1. The van der Waals surface area contributed by atoms with E-state index < -0.39 is 0 Å². The summed E-state index contributed by atoms with van der Waals surface area (Å²) in [4.78, 5) is 20.0. The fourth-order valence-corrected chi connectivity index (χ4v) is 4.27. The van der Waals surface area contributed by atoms with Crippen LogP contribution < -0.4 is 10.6 Å². The quantitative estimate of drug-likeness (QED) is 0.746. The predicted molar refractivity (Wildman–Crippen MR) is 95.0 cm³/mol. The molecule has 0 aromatic carbocycles. The first-order chi connectivity index (χ1) is 11.7. The number of nitrogens with one attached hydrogen (secondary N) is 3. The van der Waals surface area contributed by atoms with Crippen LogP contribution in [0.3, 0.4) is 0 Å². The normalized spacial score (nSPS) is 27.0. The molecule has 2 fully saturated rings. The van der Waals surface area contributed by atoms with Crippen LogP contribution in [-0.2, 0) is 4.74 Å². The minimum Gasteiger partial charge on any atom is -0.381 e. The van der Waals surface area contributed by atoms with Crippen molar-refractivity contribution >= 4 is 32.9 Å². The summed E-state index contributed by atoms with van der Waals surface area (Å²) in [5.41, 5.74) is 1.59. The Balaban J connectivity index is 1.48. The van der Waals surface area contributed by atoms with Crippen molar-refractivity contribution in [1.29, 1.82) is 0 Å². The summed E-state index contributed by atoms with van der Waals surface area (Å²) < 4.78 is 6.52. The zero-order valence-corrected chi connectivity index (χ0v) is 15.0. The number of halogens is 1. The zero-order chi connectivity index (χ0) is 16.6. The van der Waals surface area contributed by atoms with E-state index in [1.54, 1.807) is 12.4 Å². The monoisotopic (exact) mass is 392 g/mol. The Kier molecular flexibility index (Phi) is 4.32. The molecule has 2 atom stereocenters. The van der Waals surface area contributed by atoms with Crippen molar-refractivity contribution in [1.82, 2.24) is 20.6 Å². The third-order valence-electron chi connectivity index (χ3n) is 5.44. The lowest BCUT2D eigenvalue weighted by Crippen LogP contribution is -2.50. The molecule has 0 bridgehead atoms. The summed E-state index contributed by atoms with van der Waals surface area (Å²) in [6.07, 6.45) is 5.67. The molecule has 0 aliphatic carbocycles. The molecule has 0 saturated carbocycles. The van der Waals surface area contributed by atoms with Crippen LogP contribution in [0.2, 0.25) is 0 Å². The third kappa shape index (κ3) is 2.85. The summed E-state index contributed by atoms with van der Waals surface area (Å²) in [5, 5.41) is 7.41. The molecule has 2 saturated heterocycles. The van der Waals surface area contributed by atoms with Crippen molar-refractivity contribution in [2.75, 3.05) is 32.8 Å². The van der Waals surface area contributed by atoms with E-state index in [2.05, 4.69) is 36.5 Å².